The van der Waals surface area contributed by atoms with E-state index in [4.69, 9.17) is 4.74 Å². The molecule has 0 saturated heterocycles. The lowest BCUT2D eigenvalue weighted by atomic mass is 10.2. The van der Waals surface area contributed by atoms with Crippen LogP contribution in [0.3, 0.4) is 0 Å². The molecule has 0 bridgehead atoms. The van der Waals surface area contributed by atoms with Crippen LogP contribution in [-0.4, -0.2) is 38.2 Å². The van der Waals surface area contributed by atoms with Crippen molar-refractivity contribution in [3.63, 3.8) is 0 Å². The van der Waals surface area contributed by atoms with Gasteiger partial charge in [-0.25, -0.2) is 0 Å². The summed E-state index contributed by atoms with van der Waals surface area (Å²) in [6.45, 7) is 2.03. The molecular formula is C13H20N4O3. The fourth-order valence-electron chi connectivity index (χ4n) is 1.57. The van der Waals surface area contributed by atoms with Crippen molar-refractivity contribution in [2.24, 2.45) is 4.99 Å². The van der Waals surface area contributed by atoms with E-state index in [-0.39, 0.29) is 5.69 Å². The molecule has 0 unspecified atom stereocenters. The Morgan fingerprint density at radius 3 is 2.60 bits per heavy atom. The van der Waals surface area contributed by atoms with Gasteiger partial charge in [-0.05, 0) is 12.0 Å². The minimum Gasteiger partial charge on any atom is -0.385 e. The van der Waals surface area contributed by atoms with Crippen LogP contribution >= 0.6 is 0 Å². The molecular weight excluding hydrogens is 260 g/mol. The van der Waals surface area contributed by atoms with Gasteiger partial charge in [0.05, 0.1) is 4.92 Å². The standard InChI is InChI=1S/C13H20N4O3/c1-14-13(15-8-3-9-20-2)16-10-11-4-6-12(7-5-11)17(18)19/h4-7H,3,8-10H2,1-2H3,(H2,14,15,16). The predicted octanol–water partition coefficient (Wildman–Crippen LogP) is 1.30. The quantitative estimate of drug-likeness (QED) is 0.258. The highest BCUT2D eigenvalue weighted by molar-refractivity contribution is 5.79. The summed E-state index contributed by atoms with van der Waals surface area (Å²) in [4.78, 5) is 14.2. The van der Waals surface area contributed by atoms with Crippen molar-refractivity contribution in [1.29, 1.82) is 0 Å². The Bertz CT molecular complexity index is 445. The smallest absolute Gasteiger partial charge is 0.269 e. The number of aliphatic imine (C=N–C) groups is 1. The first kappa shape index (κ1) is 15.9. The molecule has 0 radical (unpaired) electrons. The van der Waals surface area contributed by atoms with Crippen LogP contribution in [0.25, 0.3) is 0 Å². The number of rotatable bonds is 7. The van der Waals surface area contributed by atoms with E-state index in [1.54, 1.807) is 26.3 Å². The van der Waals surface area contributed by atoms with Gasteiger partial charge in [-0.15, -0.1) is 0 Å². The molecule has 1 rings (SSSR count). The van der Waals surface area contributed by atoms with E-state index in [1.165, 1.54) is 12.1 Å². The number of nitro groups is 1. The predicted molar refractivity (Wildman–Crippen MR) is 77.8 cm³/mol. The zero-order valence-electron chi connectivity index (χ0n) is 11.8. The number of guanidine groups is 1. The highest BCUT2D eigenvalue weighted by atomic mass is 16.6. The van der Waals surface area contributed by atoms with E-state index < -0.39 is 4.92 Å². The third-order valence-electron chi connectivity index (χ3n) is 2.65. The van der Waals surface area contributed by atoms with Crippen LogP contribution < -0.4 is 10.6 Å². The van der Waals surface area contributed by atoms with E-state index in [0.717, 1.165) is 18.5 Å². The fourth-order valence-corrected chi connectivity index (χ4v) is 1.57. The summed E-state index contributed by atoms with van der Waals surface area (Å²) in [5.74, 6) is 0.694. The van der Waals surface area contributed by atoms with Crippen LogP contribution in [0.4, 0.5) is 5.69 Å². The maximum atomic E-state index is 10.5. The fraction of sp³-hybridized carbons (Fsp3) is 0.462. The lowest BCUT2D eigenvalue weighted by Crippen LogP contribution is -2.37. The van der Waals surface area contributed by atoms with Crippen LogP contribution in [0.5, 0.6) is 0 Å². The van der Waals surface area contributed by atoms with Crippen LogP contribution in [-0.2, 0) is 11.3 Å². The van der Waals surface area contributed by atoms with Gasteiger partial charge in [0.1, 0.15) is 0 Å². The van der Waals surface area contributed by atoms with Crippen molar-refractivity contribution in [2.75, 3.05) is 27.3 Å². The van der Waals surface area contributed by atoms with Crippen LogP contribution in [0.15, 0.2) is 29.3 Å². The van der Waals surface area contributed by atoms with Gasteiger partial charge in [0.2, 0.25) is 0 Å². The zero-order chi connectivity index (χ0) is 14.8. The molecule has 20 heavy (non-hydrogen) atoms. The summed E-state index contributed by atoms with van der Waals surface area (Å²) < 4.78 is 4.96. The second kappa shape index (κ2) is 8.87. The molecule has 2 N–H and O–H groups in total. The molecule has 0 aliphatic rings. The molecule has 1 aromatic rings. The van der Waals surface area contributed by atoms with E-state index in [0.29, 0.717) is 19.1 Å². The second-order valence-corrected chi connectivity index (χ2v) is 4.12. The molecule has 0 aliphatic carbocycles. The third kappa shape index (κ3) is 5.66. The van der Waals surface area contributed by atoms with Gasteiger partial charge in [-0.3, -0.25) is 15.1 Å². The minimum atomic E-state index is -0.409. The number of nitro benzene ring substituents is 1. The van der Waals surface area contributed by atoms with Crippen molar-refractivity contribution < 1.29 is 9.66 Å². The Kier molecular flexibility index (Phi) is 7.05. The molecule has 0 atom stereocenters. The van der Waals surface area contributed by atoms with Gasteiger partial charge in [-0.1, -0.05) is 12.1 Å². The summed E-state index contributed by atoms with van der Waals surface area (Å²) in [5, 5.41) is 16.8. The number of ether oxygens (including phenoxy) is 1. The molecule has 0 aliphatic heterocycles. The Labute approximate surface area is 118 Å². The van der Waals surface area contributed by atoms with Crippen molar-refractivity contribution in [1.82, 2.24) is 10.6 Å². The Balaban J connectivity index is 2.38. The zero-order valence-corrected chi connectivity index (χ0v) is 11.8. The van der Waals surface area contributed by atoms with Crippen molar-refractivity contribution in [3.8, 4) is 0 Å². The largest absolute Gasteiger partial charge is 0.385 e. The first-order chi connectivity index (χ1) is 9.67. The second-order valence-electron chi connectivity index (χ2n) is 4.12. The minimum absolute atomic E-state index is 0.0934. The molecule has 0 spiro atoms. The van der Waals surface area contributed by atoms with E-state index in [1.807, 2.05) is 0 Å². The summed E-state index contributed by atoms with van der Waals surface area (Å²) in [6, 6.07) is 6.43. The average Bonchev–Trinajstić information content (AvgIpc) is 2.47. The third-order valence-corrected chi connectivity index (χ3v) is 2.65. The summed E-state index contributed by atoms with van der Waals surface area (Å²) >= 11 is 0. The molecule has 7 heteroatoms. The number of nitrogens with zero attached hydrogens (tertiary/aromatic N) is 2. The first-order valence-corrected chi connectivity index (χ1v) is 6.34. The average molecular weight is 280 g/mol. The normalized spacial score (nSPS) is 11.2. The molecule has 110 valence electrons. The van der Waals surface area contributed by atoms with E-state index in [9.17, 15) is 10.1 Å². The Hall–Kier alpha value is -2.15. The number of nitrogens with one attached hydrogen (secondary N) is 2. The number of methoxy groups -OCH3 is 1. The molecule has 1 aromatic carbocycles. The maximum Gasteiger partial charge on any atom is 0.269 e. The molecule has 0 amide bonds. The highest BCUT2D eigenvalue weighted by Crippen LogP contribution is 2.11. The van der Waals surface area contributed by atoms with Crippen molar-refractivity contribution >= 4 is 11.6 Å². The lowest BCUT2D eigenvalue weighted by Gasteiger charge is -2.11. The van der Waals surface area contributed by atoms with Crippen LogP contribution in [0.2, 0.25) is 0 Å². The molecule has 0 saturated carbocycles. The van der Waals surface area contributed by atoms with Gasteiger partial charge in [0.15, 0.2) is 5.96 Å². The molecule has 0 heterocycles. The molecule has 0 fully saturated rings. The van der Waals surface area contributed by atoms with E-state index >= 15 is 0 Å². The number of hydrogen-bond acceptors (Lipinski definition) is 4. The highest BCUT2D eigenvalue weighted by Gasteiger charge is 2.04. The SMILES string of the molecule is CN=C(NCCCOC)NCc1ccc([N+](=O)[O-])cc1. The van der Waals surface area contributed by atoms with Crippen molar-refractivity contribution in [2.45, 2.75) is 13.0 Å². The monoisotopic (exact) mass is 280 g/mol. The first-order valence-electron chi connectivity index (χ1n) is 6.34. The molecule has 7 nitrogen and oxygen atoms in total. The Morgan fingerprint density at radius 1 is 1.35 bits per heavy atom. The van der Waals surface area contributed by atoms with Crippen LogP contribution in [0, 0.1) is 10.1 Å². The Morgan fingerprint density at radius 2 is 2.05 bits per heavy atom. The number of benzene rings is 1. The van der Waals surface area contributed by atoms with Gasteiger partial charge >= 0.3 is 0 Å². The maximum absolute atomic E-state index is 10.5. The topological polar surface area (TPSA) is 88.8 Å². The van der Waals surface area contributed by atoms with E-state index in [2.05, 4.69) is 15.6 Å². The van der Waals surface area contributed by atoms with Crippen LogP contribution in [0.1, 0.15) is 12.0 Å². The van der Waals surface area contributed by atoms with Crippen molar-refractivity contribution in [3.05, 3.63) is 39.9 Å². The summed E-state index contributed by atoms with van der Waals surface area (Å²) in [7, 11) is 3.36. The van der Waals surface area contributed by atoms with Gasteiger partial charge in [-0.2, -0.15) is 0 Å². The lowest BCUT2D eigenvalue weighted by molar-refractivity contribution is -0.384. The number of hydrogen-bond donors (Lipinski definition) is 2. The van der Waals surface area contributed by atoms with Gasteiger partial charge in [0.25, 0.3) is 5.69 Å². The van der Waals surface area contributed by atoms with Gasteiger partial charge < -0.3 is 15.4 Å². The van der Waals surface area contributed by atoms with Gasteiger partial charge in [0, 0.05) is 46.0 Å². The summed E-state index contributed by atoms with van der Waals surface area (Å²) in [5.41, 5.74) is 1.05. The summed E-state index contributed by atoms with van der Waals surface area (Å²) in [6.07, 6.45) is 0.898. The number of non-ortho nitro benzene ring substituents is 1. The molecule has 0 aromatic heterocycles.